The molecule has 0 spiro atoms. The van der Waals surface area contributed by atoms with Crippen LogP contribution < -0.4 is 5.32 Å². The van der Waals surface area contributed by atoms with Crippen LogP contribution in [0.15, 0.2) is 29.6 Å². The molecule has 17 heavy (non-hydrogen) atoms. The van der Waals surface area contributed by atoms with Crippen molar-refractivity contribution in [2.24, 2.45) is 0 Å². The molecule has 1 heterocycles. The van der Waals surface area contributed by atoms with Gasteiger partial charge in [0.1, 0.15) is 10.8 Å². The highest BCUT2D eigenvalue weighted by molar-refractivity contribution is 7.13. The summed E-state index contributed by atoms with van der Waals surface area (Å²) in [7, 11) is 1.91. The van der Waals surface area contributed by atoms with Crippen molar-refractivity contribution >= 4 is 11.3 Å². The molecule has 90 valence electrons. The first-order valence-corrected chi connectivity index (χ1v) is 6.32. The van der Waals surface area contributed by atoms with Crippen molar-refractivity contribution in [1.82, 2.24) is 10.3 Å². The van der Waals surface area contributed by atoms with E-state index in [-0.39, 0.29) is 11.4 Å². The zero-order valence-corrected chi connectivity index (χ0v) is 10.9. The highest BCUT2D eigenvalue weighted by Gasteiger charge is 2.21. The normalized spacial score (nSPS) is 11.8. The Labute approximate surface area is 105 Å². The van der Waals surface area contributed by atoms with Gasteiger partial charge in [0.15, 0.2) is 0 Å². The van der Waals surface area contributed by atoms with Crippen LogP contribution in [-0.2, 0) is 5.54 Å². The zero-order valence-electron chi connectivity index (χ0n) is 10.1. The van der Waals surface area contributed by atoms with E-state index in [1.807, 2.05) is 12.4 Å². The predicted octanol–water partition coefficient (Wildman–Crippen LogP) is 3.40. The molecule has 0 saturated carbocycles. The minimum atomic E-state index is -0.221. The fourth-order valence-corrected chi connectivity index (χ4v) is 2.41. The first-order chi connectivity index (χ1) is 8.03. The SMILES string of the molecule is CNC(C)(C)c1csc(-c2ccc(F)cc2)n1. The molecule has 4 heteroatoms. The van der Waals surface area contributed by atoms with Gasteiger partial charge in [0.2, 0.25) is 0 Å². The smallest absolute Gasteiger partial charge is 0.123 e. The number of rotatable bonds is 3. The van der Waals surface area contributed by atoms with Crippen molar-refractivity contribution in [3.05, 3.63) is 41.2 Å². The molecule has 1 aromatic carbocycles. The largest absolute Gasteiger partial charge is 0.310 e. The van der Waals surface area contributed by atoms with Gasteiger partial charge in [-0.25, -0.2) is 9.37 Å². The van der Waals surface area contributed by atoms with Crippen LogP contribution >= 0.6 is 11.3 Å². The van der Waals surface area contributed by atoms with E-state index in [1.54, 1.807) is 23.5 Å². The molecule has 0 atom stereocenters. The summed E-state index contributed by atoms with van der Waals surface area (Å²) in [5.41, 5.74) is 1.81. The third-order valence-corrected chi connectivity index (χ3v) is 3.75. The van der Waals surface area contributed by atoms with Crippen LogP contribution in [0.2, 0.25) is 0 Å². The lowest BCUT2D eigenvalue weighted by molar-refractivity contribution is 0.434. The Morgan fingerprint density at radius 1 is 1.24 bits per heavy atom. The van der Waals surface area contributed by atoms with Crippen molar-refractivity contribution in [3.63, 3.8) is 0 Å². The Kier molecular flexibility index (Phi) is 3.26. The highest BCUT2D eigenvalue weighted by atomic mass is 32.1. The van der Waals surface area contributed by atoms with E-state index in [2.05, 4.69) is 24.1 Å². The summed E-state index contributed by atoms with van der Waals surface area (Å²) in [6.45, 7) is 4.16. The van der Waals surface area contributed by atoms with Gasteiger partial charge in [-0.05, 0) is 45.2 Å². The molecular weight excluding hydrogens is 235 g/mol. The van der Waals surface area contributed by atoms with Gasteiger partial charge in [0.05, 0.1) is 11.2 Å². The van der Waals surface area contributed by atoms with E-state index in [0.29, 0.717) is 0 Å². The molecule has 0 aliphatic carbocycles. The third kappa shape index (κ3) is 2.53. The van der Waals surface area contributed by atoms with Gasteiger partial charge < -0.3 is 5.32 Å². The molecule has 0 aliphatic heterocycles. The van der Waals surface area contributed by atoms with E-state index in [0.717, 1.165) is 16.3 Å². The lowest BCUT2D eigenvalue weighted by atomic mass is 10.0. The molecule has 2 nitrogen and oxygen atoms in total. The number of hydrogen-bond donors (Lipinski definition) is 1. The summed E-state index contributed by atoms with van der Waals surface area (Å²) in [6.07, 6.45) is 0. The van der Waals surface area contributed by atoms with Crippen molar-refractivity contribution in [1.29, 1.82) is 0 Å². The van der Waals surface area contributed by atoms with Crippen LogP contribution in [0, 0.1) is 5.82 Å². The summed E-state index contributed by atoms with van der Waals surface area (Å²) >= 11 is 1.58. The maximum Gasteiger partial charge on any atom is 0.123 e. The van der Waals surface area contributed by atoms with E-state index in [1.165, 1.54) is 12.1 Å². The molecule has 0 aliphatic rings. The van der Waals surface area contributed by atoms with Crippen LogP contribution in [0.1, 0.15) is 19.5 Å². The second-order valence-electron chi connectivity index (χ2n) is 4.42. The lowest BCUT2D eigenvalue weighted by Crippen LogP contribution is -2.33. The van der Waals surface area contributed by atoms with Gasteiger partial charge in [0, 0.05) is 10.9 Å². The summed E-state index contributed by atoms with van der Waals surface area (Å²) in [6, 6.07) is 6.42. The summed E-state index contributed by atoms with van der Waals surface area (Å²) < 4.78 is 12.8. The first-order valence-electron chi connectivity index (χ1n) is 5.44. The zero-order chi connectivity index (χ0) is 12.5. The summed E-state index contributed by atoms with van der Waals surface area (Å²) in [4.78, 5) is 4.59. The van der Waals surface area contributed by atoms with Gasteiger partial charge in [-0.15, -0.1) is 11.3 Å². The molecule has 0 amide bonds. The molecule has 0 saturated heterocycles. The Hall–Kier alpha value is -1.26. The number of aromatic nitrogens is 1. The van der Waals surface area contributed by atoms with Crippen molar-refractivity contribution < 1.29 is 4.39 Å². The number of nitrogens with zero attached hydrogens (tertiary/aromatic N) is 1. The molecule has 1 aromatic heterocycles. The molecule has 0 fully saturated rings. The average Bonchev–Trinajstić information content (AvgIpc) is 2.80. The van der Waals surface area contributed by atoms with Gasteiger partial charge in [-0.1, -0.05) is 0 Å². The molecular formula is C13H15FN2S. The Balaban J connectivity index is 2.33. The van der Waals surface area contributed by atoms with Crippen LogP contribution in [0.4, 0.5) is 4.39 Å². The van der Waals surface area contributed by atoms with Crippen LogP contribution in [0.5, 0.6) is 0 Å². The number of benzene rings is 1. The minimum Gasteiger partial charge on any atom is -0.310 e. The fraction of sp³-hybridized carbons (Fsp3) is 0.308. The molecule has 0 radical (unpaired) electrons. The van der Waals surface area contributed by atoms with Crippen molar-refractivity contribution in [2.75, 3.05) is 7.05 Å². The second-order valence-corrected chi connectivity index (χ2v) is 5.28. The average molecular weight is 250 g/mol. The van der Waals surface area contributed by atoms with Gasteiger partial charge in [-0.3, -0.25) is 0 Å². The minimum absolute atomic E-state index is 0.144. The highest BCUT2D eigenvalue weighted by Crippen LogP contribution is 2.28. The fourth-order valence-electron chi connectivity index (χ4n) is 1.41. The van der Waals surface area contributed by atoms with Crippen LogP contribution in [0.25, 0.3) is 10.6 Å². The Morgan fingerprint density at radius 3 is 2.47 bits per heavy atom. The van der Waals surface area contributed by atoms with Crippen LogP contribution in [-0.4, -0.2) is 12.0 Å². The first kappa shape index (κ1) is 12.2. The van der Waals surface area contributed by atoms with Gasteiger partial charge >= 0.3 is 0 Å². The molecule has 0 unspecified atom stereocenters. The Morgan fingerprint density at radius 2 is 1.88 bits per heavy atom. The maximum absolute atomic E-state index is 12.8. The predicted molar refractivity (Wildman–Crippen MR) is 69.6 cm³/mol. The van der Waals surface area contributed by atoms with Crippen LogP contribution in [0.3, 0.4) is 0 Å². The monoisotopic (exact) mass is 250 g/mol. The number of halogens is 1. The standard InChI is InChI=1S/C13H15FN2S/c1-13(2,15-3)11-8-17-12(16-11)9-4-6-10(14)7-5-9/h4-8,15H,1-3H3. The Bertz CT molecular complexity index is 502. The molecule has 2 rings (SSSR count). The van der Waals surface area contributed by atoms with E-state index in [9.17, 15) is 4.39 Å². The van der Waals surface area contributed by atoms with Crippen molar-refractivity contribution in [3.8, 4) is 10.6 Å². The quantitative estimate of drug-likeness (QED) is 0.903. The molecule has 1 N–H and O–H groups in total. The topological polar surface area (TPSA) is 24.9 Å². The summed E-state index contributed by atoms with van der Waals surface area (Å²) in [5, 5.41) is 6.17. The molecule has 2 aromatic rings. The number of nitrogens with one attached hydrogen (secondary N) is 1. The van der Waals surface area contributed by atoms with Gasteiger partial charge in [0.25, 0.3) is 0 Å². The lowest BCUT2D eigenvalue weighted by Gasteiger charge is -2.21. The maximum atomic E-state index is 12.8. The molecule has 0 bridgehead atoms. The summed E-state index contributed by atoms with van der Waals surface area (Å²) in [5.74, 6) is -0.221. The third-order valence-electron chi connectivity index (χ3n) is 2.86. The second kappa shape index (κ2) is 4.55. The van der Waals surface area contributed by atoms with Crippen molar-refractivity contribution in [2.45, 2.75) is 19.4 Å². The van der Waals surface area contributed by atoms with E-state index >= 15 is 0 Å². The number of hydrogen-bond acceptors (Lipinski definition) is 3. The van der Waals surface area contributed by atoms with E-state index in [4.69, 9.17) is 0 Å². The van der Waals surface area contributed by atoms with E-state index < -0.39 is 0 Å². The number of thiazole rings is 1. The van der Waals surface area contributed by atoms with Gasteiger partial charge in [-0.2, -0.15) is 0 Å².